The highest BCUT2D eigenvalue weighted by molar-refractivity contribution is 5.98. The van der Waals surface area contributed by atoms with E-state index in [0.717, 1.165) is 32.5 Å². The number of nitrogens with zero attached hydrogens (tertiary/aromatic N) is 1. The van der Waals surface area contributed by atoms with Crippen LogP contribution in [0.1, 0.15) is 29.6 Å². The molecule has 0 saturated carbocycles. The van der Waals surface area contributed by atoms with Crippen molar-refractivity contribution in [3.05, 3.63) is 17.7 Å². The molecule has 1 aromatic carbocycles. The maximum absolute atomic E-state index is 12.8. The first kappa shape index (κ1) is 22.2. The third-order valence-electron chi connectivity index (χ3n) is 5.62. The molecular weight excluding hydrogens is 390 g/mol. The van der Waals surface area contributed by atoms with Crippen LogP contribution in [0.4, 0.5) is 0 Å². The van der Waals surface area contributed by atoms with Crippen LogP contribution in [0.25, 0.3) is 0 Å². The molecule has 9 heteroatoms. The number of hydrogen-bond acceptors (Lipinski definition) is 7. The number of amides is 2. The molecule has 2 heterocycles. The van der Waals surface area contributed by atoms with Gasteiger partial charge in [0.2, 0.25) is 11.7 Å². The monoisotopic (exact) mass is 421 g/mol. The topological polar surface area (TPSA) is 112 Å². The summed E-state index contributed by atoms with van der Waals surface area (Å²) in [5, 5.41) is 3.02. The van der Waals surface area contributed by atoms with Crippen LogP contribution in [0.2, 0.25) is 0 Å². The van der Waals surface area contributed by atoms with Gasteiger partial charge in [0.25, 0.3) is 5.91 Å². The molecule has 0 bridgehead atoms. The zero-order valence-electron chi connectivity index (χ0n) is 17.6. The molecule has 3 rings (SSSR count). The van der Waals surface area contributed by atoms with Gasteiger partial charge < -0.3 is 34.9 Å². The quantitative estimate of drug-likeness (QED) is 0.606. The van der Waals surface area contributed by atoms with E-state index in [-0.39, 0.29) is 23.8 Å². The maximum Gasteiger partial charge on any atom is 0.255 e. The Morgan fingerprint density at radius 3 is 2.70 bits per heavy atom. The molecule has 166 valence electrons. The highest BCUT2D eigenvalue weighted by Gasteiger charge is 2.30. The van der Waals surface area contributed by atoms with Gasteiger partial charge in [0.1, 0.15) is 13.2 Å². The van der Waals surface area contributed by atoms with Gasteiger partial charge >= 0.3 is 0 Å². The van der Waals surface area contributed by atoms with Gasteiger partial charge in [0.15, 0.2) is 11.5 Å². The number of rotatable bonds is 9. The Morgan fingerprint density at radius 2 is 2.00 bits per heavy atom. The predicted octanol–water partition coefficient (Wildman–Crippen LogP) is 0.799. The van der Waals surface area contributed by atoms with Crippen LogP contribution in [0, 0.1) is 5.92 Å². The van der Waals surface area contributed by atoms with E-state index in [2.05, 4.69) is 10.2 Å². The standard InChI is InChI=1S/C21H31N3O6/c1-27-16-6-5-15(19-20(16)30-11-10-29-19)21(26)23-12-14-7-9-24(13-17(14)28-2)8-3-4-18(22)25/h5-6,14,17H,3-4,7-13H2,1-2H3,(H2,22,25)(H,23,26)/t14-,17+/m0/s1. The number of primary amides is 1. The van der Waals surface area contributed by atoms with Gasteiger partial charge in [-0.2, -0.15) is 0 Å². The summed E-state index contributed by atoms with van der Waals surface area (Å²) in [6.07, 6.45) is 2.05. The predicted molar refractivity (Wildman–Crippen MR) is 110 cm³/mol. The highest BCUT2D eigenvalue weighted by Crippen LogP contribution is 2.41. The molecule has 0 radical (unpaired) electrons. The number of carbonyl (C=O) groups excluding carboxylic acids is 2. The van der Waals surface area contributed by atoms with E-state index in [9.17, 15) is 9.59 Å². The Labute approximate surface area is 176 Å². The minimum Gasteiger partial charge on any atom is -0.493 e. The second-order valence-electron chi connectivity index (χ2n) is 7.57. The van der Waals surface area contributed by atoms with Crippen LogP contribution in [0.3, 0.4) is 0 Å². The minimum atomic E-state index is -0.272. The molecule has 0 spiro atoms. The number of methoxy groups -OCH3 is 2. The second kappa shape index (κ2) is 10.5. The summed E-state index contributed by atoms with van der Waals surface area (Å²) in [6.45, 7) is 3.80. The maximum atomic E-state index is 12.8. The van der Waals surface area contributed by atoms with Gasteiger partial charge in [0.05, 0.1) is 18.8 Å². The lowest BCUT2D eigenvalue weighted by atomic mass is 9.93. The highest BCUT2D eigenvalue weighted by atomic mass is 16.6. The molecule has 2 aliphatic rings. The molecule has 1 saturated heterocycles. The third-order valence-corrected chi connectivity index (χ3v) is 5.62. The molecule has 30 heavy (non-hydrogen) atoms. The van der Waals surface area contributed by atoms with E-state index in [4.69, 9.17) is 24.7 Å². The number of nitrogens with two attached hydrogens (primary N) is 1. The van der Waals surface area contributed by atoms with Crippen LogP contribution in [-0.2, 0) is 9.53 Å². The van der Waals surface area contributed by atoms with Crippen molar-refractivity contribution in [1.29, 1.82) is 0 Å². The largest absolute Gasteiger partial charge is 0.493 e. The Morgan fingerprint density at radius 1 is 1.23 bits per heavy atom. The van der Waals surface area contributed by atoms with Crippen molar-refractivity contribution in [3.63, 3.8) is 0 Å². The Kier molecular flexibility index (Phi) is 7.75. The number of likely N-dealkylation sites (tertiary alicyclic amines) is 1. The van der Waals surface area contributed by atoms with Crippen molar-refractivity contribution in [2.24, 2.45) is 11.7 Å². The molecule has 0 aliphatic carbocycles. The van der Waals surface area contributed by atoms with Crippen molar-refractivity contribution in [3.8, 4) is 17.2 Å². The summed E-state index contributed by atoms with van der Waals surface area (Å²) in [7, 11) is 3.25. The summed E-state index contributed by atoms with van der Waals surface area (Å²) in [4.78, 5) is 26.0. The van der Waals surface area contributed by atoms with E-state index in [1.54, 1.807) is 26.4 Å². The van der Waals surface area contributed by atoms with E-state index < -0.39 is 0 Å². The van der Waals surface area contributed by atoms with Crippen LogP contribution in [-0.4, -0.2) is 76.4 Å². The van der Waals surface area contributed by atoms with Gasteiger partial charge in [-0.25, -0.2) is 0 Å². The number of nitrogens with one attached hydrogen (secondary N) is 1. The fourth-order valence-electron chi connectivity index (χ4n) is 3.98. The van der Waals surface area contributed by atoms with Crippen LogP contribution < -0.4 is 25.3 Å². The molecule has 3 N–H and O–H groups in total. The first-order chi connectivity index (χ1) is 14.5. The first-order valence-corrected chi connectivity index (χ1v) is 10.3. The molecule has 0 aromatic heterocycles. The number of fused-ring (bicyclic) bond motifs is 1. The van der Waals surface area contributed by atoms with Crippen LogP contribution in [0.15, 0.2) is 12.1 Å². The van der Waals surface area contributed by atoms with E-state index >= 15 is 0 Å². The summed E-state index contributed by atoms with van der Waals surface area (Å²) in [6, 6.07) is 3.40. The Hall–Kier alpha value is -2.52. The normalized spacial score (nSPS) is 21.1. The number of hydrogen-bond donors (Lipinski definition) is 2. The van der Waals surface area contributed by atoms with Crippen molar-refractivity contribution in [1.82, 2.24) is 10.2 Å². The lowest BCUT2D eigenvalue weighted by molar-refractivity contribution is -0.118. The van der Waals surface area contributed by atoms with Crippen molar-refractivity contribution in [2.45, 2.75) is 25.4 Å². The second-order valence-corrected chi connectivity index (χ2v) is 7.57. The molecule has 1 fully saturated rings. The summed E-state index contributed by atoms with van der Waals surface area (Å²) >= 11 is 0. The molecular formula is C21H31N3O6. The number of piperidine rings is 1. The Bertz CT molecular complexity index is 757. The van der Waals surface area contributed by atoms with Gasteiger partial charge in [-0.1, -0.05) is 0 Å². The van der Waals surface area contributed by atoms with Crippen LogP contribution in [0.5, 0.6) is 17.2 Å². The van der Waals surface area contributed by atoms with Gasteiger partial charge in [-0.15, -0.1) is 0 Å². The van der Waals surface area contributed by atoms with Crippen molar-refractivity contribution < 1.29 is 28.5 Å². The lowest BCUT2D eigenvalue weighted by Crippen LogP contribution is -2.48. The molecule has 0 unspecified atom stereocenters. The average molecular weight is 421 g/mol. The van der Waals surface area contributed by atoms with Gasteiger partial charge in [-0.05, 0) is 38.1 Å². The zero-order valence-corrected chi connectivity index (χ0v) is 17.6. The molecule has 1 aromatic rings. The minimum absolute atomic E-state index is 0.0111. The van der Waals surface area contributed by atoms with E-state index in [0.29, 0.717) is 49.0 Å². The van der Waals surface area contributed by atoms with E-state index in [1.807, 2.05) is 0 Å². The average Bonchev–Trinajstić information content (AvgIpc) is 2.76. The molecule has 2 amide bonds. The Balaban J connectivity index is 1.56. The number of carbonyl (C=O) groups is 2. The first-order valence-electron chi connectivity index (χ1n) is 10.3. The van der Waals surface area contributed by atoms with Crippen molar-refractivity contribution in [2.75, 3.05) is 53.6 Å². The fraction of sp³-hybridized carbons (Fsp3) is 0.619. The fourth-order valence-corrected chi connectivity index (χ4v) is 3.98. The number of benzene rings is 1. The summed E-state index contributed by atoms with van der Waals surface area (Å²) < 4.78 is 22.3. The van der Waals surface area contributed by atoms with Gasteiger partial charge in [0, 0.05) is 32.5 Å². The van der Waals surface area contributed by atoms with Gasteiger partial charge in [-0.3, -0.25) is 9.59 Å². The zero-order chi connectivity index (χ0) is 21.5. The lowest BCUT2D eigenvalue weighted by Gasteiger charge is -2.37. The van der Waals surface area contributed by atoms with E-state index in [1.165, 1.54) is 0 Å². The molecule has 2 atom stereocenters. The SMILES string of the molecule is COc1ccc(C(=O)NC[C@@H]2CCN(CCCC(N)=O)C[C@H]2OC)c2c1OCCO2. The molecule has 2 aliphatic heterocycles. The van der Waals surface area contributed by atoms with Crippen molar-refractivity contribution >= 4 is 11.8 Å². The summed E-state index contributed by atoms with van der Waals surface area (Å²) in [5.41, 5.74) is 5.65. The third kappa shape index (κ3) is 5.34. The summed E-state index contributed by atoms with van der Waals surface area (Å²) in [5.74, 6) is 1.16. The van der Waals surface area contributed by atoms with Crippen LogP contribution >= 0.6 is 0 Å². The smallest absolute Gasteiger partial charge is 0.255 e. The molecule has 9 nitrogen and oxygen atoms in total. The number of ether oxygens (including phenoxy) is 4.